The maximum absolute atomic E-state index is 13.3. The van der Waals surface area contributed by atoms with Crippen LogP contribution in [0.4, 0.5) is 11.4 Å². The standard InChI is InChI=1S/C26H24N2O3/c1-13-6-7-16(10-14(13)2)27-24(29)15-4-3-5-17(11-15)28-25(30)22-18-8-9-19(21-12-20(18)21)23(22)26(28)31/h3-11,18-23H,12H2,1-2H3,(H,27,29)/t18-,19-,20-,21+,22-,23+/m0/s1. The summed E-state index contributed by atoms with van der Waals surface area (Å²) in [7, 11) is 0. The summed E-state index contributed by atoms with van der Waals surface area (Å²) in [6.07, 6.45) is 5.48. The zero-order valence-electron chi connectivity index (χ0n) is 17.5. The number of nitrogens with one attached hydrogen (secondary N) is 1. The average molecular weight is 412 g/mol. The van der Waals surface area contributed by atoms with Gasteiger partial charge in [0.15, 0.2) is 0 Å². The second-order valence-corrected chi connectivity index (χ2v) is 9.47. The predicted octanol–water partition coefficient (Wildman–Crippen LogP) is 4.11. The van der Waals surface area contributed by atoms with E-state index in [9.17, 15) is 14.4 Å². The molecule has 2 saturated carbocycles. The molecule has 0 unspecified atom stereocenters. The van der Waals surface area contributed by atoms with Crippen LogP contribution in [0, 0.1) is 49.4 Å². The molecule has 156 valence electrons. The van der Waals surface area contributed by atoms with E-state index in [1.54, 1.807) is 24.3 Å². The molecule has 7 rings (SSSR count). The minimum absolute atomic E-state index is 0.105. The number of benzene rings is 2. The van der Waals surface area contributed by atoms with Crippen LogP contribution < -0.4 is 10.2 Å². The van der Waals surface area contributed by atoms with Crippen LogP contribution >= 0.6 is 0 Å². The van der Waals surface area contributed by atoms with Gasteiger partial charge in [0.25, 0.3) is 5.91 Å². The van der Waals surface area contributed by atoms with Crippen molar-refractivity contribution in [1.82, 2.24) is 0 Å². The largest absolute Gasteiger partial charge is 0.322 e. The number of aryl methyl sites for hydroxylation is 2. The lowest BCUT2D eigenvalue weighted by Gasteiger charge is -2.37. The fourth-order valence-corrected chi connectivity index (χ4v) is 6.02. The van der Waals surface area contributed by atoms with Crippen molar-refractivity contribution in [3.8, 4) is 0 Å². The highest BCUT2D eigenvalue weighted by Gasteiger charge is 2.67. The molecule has 0 aromatic heterocycles. The minimum Gasteiger partial charge on any atom is -0.322 e. The summed E-state index contributed by atoms with van der Waals surface area (Å²) in [4.78, 5) is 40.8. The van der Waals surface area contributed by atoms with Crippen molar-refractivity contribution in [2.45, 2.75) is 20.3 Å². The van der Waals surface area contributed by atoms with Crippen LogP contribution in [-0.2, 0) is 9.59 Å². The Morgan fingerprint density at radius 2 is 1.58 bits per heavy atom. The summed E-state index contributed by atoms with van der Waals surface area (Å²) in [5.41, 5.74) is 3.90. The van der Waals surface area contributed by atoms with Crippen molar-refractivity contribution in [2.24, 2.45) is 35.5 Å². The van der Waals surface area contributed by atoms with E-state index in [1.807, 2.05) is 32.0 Å². The topological polar surface area (TPSA) is 66.5 Å². The maximum atomic E-state index is 13.3. The van der Waals surface area contributed by atoms with Crippen LogP contribution in [0.25, 0.3) is 0 Å². The van der Waals surface area contributed by atoms with E-state index in [0.717, 1.165) is 23.2 Å². The molecule has 1 N–H and O–H groups in total. The molecule has 2 bridgehead atoms. The molecule has 3 fully saturated rings. The number of hydrogen-bond donors (Lipinski definition) is 1. The van der Waals surface area contributed by atoms with Gasteiger partial charge in [0, 0.05) is 11.3 Å². The van der Waals surface area contributed by atoms with E-state index >= 15 is 0 Å². The van der Waals surface area contributed by atoms with E-state index in [4.69, 9.17) is 0 Å². The summed E-state index contributed by atoms with van der Waals surface area (Å²) in [5, 5.41) is 2.91. The molecule has 0 radical (unpaired) electrons. The molecule has 31 heavy (non-hydrogen) atoms. The number of carbonyl (C=O) groups is 3. The first-order valence-electron chi connectivity index (χ1n) is 11.0. The number of allylic oxidation sites excluding steroid dienone is 2. The molecule has 2 aromatic carbocycles. The summed E-state index contributed by atoms with van der Waals surface area (Å²) >= 11 is 0. The normalized spacial score (nSPS) is 32.1. The average Bonchev–Trinajstić information content (AvgIpc) is 3.54. The molecule has 3 amide bonds. The van der Waals surface area contributed by atoms with Crippen LogP contribution in [-0.4, -0.2) is 17.7 Å². The molecule has 1 saturated heterocycles. The SMILES string of the molecule is Cc1ccc(NC(=O)c2cccc(N3C(=O)[C@@H]4[C@H]5C=C[C@@H]([C@@H]6C[C@H]56)[C@@H]4C3=O)c2)cc1C. The Morgan fingerprint density at radius 3 is 2.23 bits per heavy atom. The van der Waals surface area contributed by atoms with E-state index < -0.39 is 0 Å². The Balaban J connectivity index is 1.28. The first-order valence-corrected chi connectivity index (χ1v) is 11.0. The van der Waals surface area contributed by atoms with Gasteiger partial charge in [-0.2, -0.15) is 0 Å². The molecule has 2 aromatic rings. The third kappa shape index (κ3) is 2.65. The summed E-state index contributed by atoms with van der Waals surface area (Å²) in [5.74, 6) is 0.586. The number of nitrogens with zero attached hydrogens (tertiary/aromatic N) is 1. The van der Waals surface area contributed by atoms with Gasteiger partial charge in [-0.1, -0.05) is 24.3 Å². The second kappa shape index (κ2) is 6.39. The minimum atomic E-state index is -0.260. The molecule has 5 aliphatic rings. The number of hydrogen-bond acceptors (Lipinski definition) is 3. The monoisotopic (exact) mass is 412 g/mol. The number of anilines is 2. The fraction of sp³-hybridized carbons (Fsp3) is 0.346. The van der Waals surface area contributed by atoms with Gasteiger partial charge >= 0.3 is 0 Å². The van der Waals surface area contributed by atoms with Crippen LogP contribution in [0.3, 0.4) is 0 Å². The Kier molecular flexibility index (Phi) is 3.83. The summed E-state index contributed by atoms with van der Waals surface area (Å²) in [6.45, 7) is 4.03. The quantitative estimate of drug-likeness (QED) is 0.609. The van der Waals surface area contributed by atoms with Crippen molar-refractivity contribution < 1.29 is 14.4 Å². The van der Waals surface area contributed by atoms with Crippen molar-refractivity contribution in [3.05, 3.63) is 71.3 Å². The van der Waals surface area contributed by atoms with Gasteiger partial charge in [0.2, 0.25) is 11.8 Å². The third-order valence-corrected chi connectivity index (χ3v) is 7.79. The van der Waals surface area contributed by atoms with Crippen molar-refractivity contribution in [3.63, 3.8) is 0 Å². The third-order valence-electron chi connectivity index (χ3n) is 7.79. The lowest BCUT2D eigenvalue weighted by Crippen LogP contribution is -2.40. The molecule has 5 heteroatoms. The Hall–Kier alpha value is -3.21. The van der Waals surface area contributed by atoms with E-state index in [-0.39, 0.29) is 41.4 Å². The summed E-state index contributed by atoms with van der Waals surface area (Å²) in [6, 6.07) is 12.6. The predicted molar refractivity (Wildman–Crippen MR) is 118 cm³/mol. The molecule has 4 aliphatic carbocycles. The number of amides is 3. The van der Waals surface area contributed by atoms with E-state index in [2.05, 4.69) is 17.5 Å². The Labute approximate surface area is 181 Å². The first kappa shape index (κ1) is 18.6. The van der Waals surface area contributed by atoms with Gasteiger partial charge in [-0.15, -0.1) is 0 Å². The number of carbonyl (C=O) groups excluding carboxylic acids is 3. The first-order chi connectivity index (χ1) is 14.9. The zero-order chi connectivity index (χ0) is 21.4. The van der Waals surface area contributed by atoms with Gasteiger partial charge < -0.3 is 5.32 Å². The van der Waals surface area contributed by atoms with Crippen LogP contribution in [0.5, 0.6) is 0 Å². The van der Waals surface area contributed by atoms with Gasteiger partial charge in [-0.3, -0.25) is 14.4 Å². The summed E-state index contributed by atoms with van der Waals surface area (Å²) < 4.78 is 0. The molecule has 5 nitrogen and oxygen atoms in total. The van der Waals surface area contributed by atoms with Gasteiger partial charge in [0.05, 0.1) is 17.5 Å². The van der Waals surface area contributed by atoms with Gasteiger partial charge in [-0.05, 0) is 85.4 Å². The Bertz CT molecular complexity index is 1150. The van der Waals surface area contributed by atoms with Crippen LogP contribution in [0.1, 0.15) is 27.9 Å². The molecule has 6 atom stereocenters. The highest BCUT2D eigenvalue weighted by molar-refractivity contribution is 6.23. The highest BCUT2D eigenvalue weighted by Crippen LogP contribution is 2.65. The van der Waals surface area contributed by atoms with Crippen molar-refractivity contribution >= 4 is 29.1 Å². The lowest BCUT2D eigenvalue weighted by atomic mass is 9.63. The maximum Gasteiger partial charge on any atom is 0.255 e. The van der Waals surface area contributed by atoms with Gasteiger partial charge in [0.1, 0.15) is 0 Å². The molecular formula is C26H24N2O3. The van der Waals surface area contributed by atoms with Gasteiger partial charge in [-0.25, -0.2) is 4.90 Å². The smallest absolute Gasteiger partial charge is 0.255 e. The highest BCUT2D eigenvalue weighted by atomic mass is 16.2. The lowest BCUT2D eigenvalue weighted by molar-refractivity contribution is -0.124. The van der Waals surface area contributed by atoms with Crippen LogP contribution in [0.15, 0.2) is 54.6 Å². The van der Waals surface area contributed by atoms with E-state index in [1.165, 1.54) is 4.90 Å². The van der Waals surface area contributed by atoms with E-state index in [0.29, 0.717) is 23.1 Å². The zero-order valence-corrected chi connectivity index (χ0v) is 17.5. The molecular weight excluding hydrogens is 388 g/mol. The molecule has 1 heterocycles. The number of rotatable bonds is 3. The fourth-order valence-electron chi connectivity index (χ4n) is 6.02. The van der Waals surface area contributed by atoms with Crippen LogP contribution in [0.2, 0.25) is 0 Å². The number of imide groups is 1. The molecule has 0 spiro atoms. The van der Waals surface area contributed by atoms with Crippen molar-refractivity contribution in [2.75, 3.05) is 10.2 Å². The van der Waals surface area contributed by atoms with Crippen molar-refractivity contribution in [1.29, 1.82) is 0 Å². The molecule has 1 aliphatic heterocycles. The Morgan fingerprint density at radius 1 is 0.903 bits per heavy atom. The second-order valence-electron chi connectivity index (χ2n) is 9.47.